The van der Waals surface area contributed by atoms with E-state index in [1.807, 2.05) is 27.7 Å². The maximum atomic E-state index is 3.83. The smallest absolute Gasteiger partial charge is 0.00345 e. The van der Waals surface area contributed by atoms with Gasteiger partial charge < -0.3 is 0 Å². The lowest BCUT2D eigenvalue weighted by atomic mass is 9.91. The second kappa shape index (κ2) is 16.1. The third-order valence-corrected chi connectivity index (χ3v) is 3.24. The maximum absolute atomic E-state index is 3.83. The minimum absolute atomic E-state index is 1.15. The number of unbranched alkanes of at least 4 members (excludes halogenated alkanes) is 3. The number of allylic oxidation sites excluding steroid dienone is 5. The summed E-state index contributed by atoms with van der Waals surface area (Å²) < 4.78 is 0. The zero-order chi connectivity index (χ0) is 15.8. The van der Waals surface area contributed by atoms with Crippen LogP contribution in [0.4, 0.5) is 0 Å². The Morgan fingerprint density at radius 3 is 2.15 bits per heavy atom. The van der Waals surface area contributed by atoms with Crippen LogP contribution in [0.3, 0.4) is 0 Å². The molecule has 0 aromatic rings. The molecule has 0 N–H and O–H groups in total. The number of hydrogen-bond acceptors (Lipinski definition) is 0. The number of rotatable bonds is 6. The standard InChI is InChI=1S/C16H24.2C2H6/c1-4-6-7-8-9-15(5-2)16-12-10-14(3)11-13-16;2*1-2/h10,12H,2,4,6-9,11,13H2,1,3H3;2*1-2H3. The third-order valence-electron chi connectivity index (χ3n) is 3.24. The van der Waals surface area contributed by atoms with Crippen LogP contribution < -0.4 is 0 Å². The van der Waals surface area contributed by atoms with Crippen LogP contribution in [-0.2, 0) is 0 Å². The predicted molar refractivity (Wildman–Crippen MR) is 95.2 cm³/mol. The quantitative estimate of drug-likeness (QED) is 0.350. The molecule has 0 nitrogen and oxygen atoms in total. The van der Waals surface area contributed by atoms with Crippen molar-refractivity contribution >= 4 is 0 Å². The van der Waals surface area contributed by atoms with Crippen LogP contribution in [0.1, 0.15) is 86.5 Å². The average Bonchev–Trinajstić information content (AvgIpc) is 2.53. The van der Waals surface area contributed by atoms with E-state index in [4.69, 9.17) is 0 Å². The molecule has 0 spiro atoms. The normalized spacial score (nSPS) is 12.7. The Bertz CT molecular complexity index is 322. The third kappa shape index (κ3) is 9.87. The van der Waals surface area contributed by atoms with Crippen LogP contribution in [0, 0.1) is 0 Å². The first-order chi connectivity index (χ1) is 9.77. The molecule has 1 rings (SSSR count). The van der Waals surface area contributed by atoms with Gasteiger partial charge in [-0.3, -0.25) is 0 Å². The summed E-state index contributed by atoms with van der Waals surface area (Å²) in [7, 11) is 0. The van der Waals surface area contributed by atoms with Gasteiger partial charge in [-0.2, -0.15) is 0 Å². The van der Waals surface area contributed by atoms with Crippen molar-refractivity contribution in [2.75, 3.05) is 0 Å². The molecule has 0 atom stereocenters. The van der Waals surface area contributed by atoms with Crippen LogP contribution in [0.2, 0.25) is 0 Å². The van der Waals surface area contributed by atoms with Crippen molar-refractivity contribution in [3.63, 3.8) is 0 Å². The topological polar surface area (TPSA) is 0 Å². The molecule has 1 aliphatic carbocycles. The first kappa shape index (κ1) is 21.3. The molecule has 0 aromatic carbocycles. The molecule has 1 aliphatic rings. The van der Waals surface area contributed by atoms with E-state index < -0.39 is 0 Å². The summed E-state index contributed by atoms with van der Waals surface area (Å²) in [6.45, 7) is 16.3. The molecule has 116 valence electrons. The molecule has 0 aliphatic heterocycles. The average molecular weight is 277 g/mol. The second-order valence-corrected chi connectivity index (χ2v) is 4.67. The summed E-state index contributed by atoms with van der Waals surface area (Å²) in [4.78, 5) is 0. The van der Waals surface area contributed by atoms with Crippen LogP contribution >= 0.6 is 0 Å². The van der Waals surface area contributed by atoms with Gasteiger partial charge >= 0.3 is 0 Å². The molecule has 0 fully saturated rings. The summed E-state index contributed by atoms with van der Waals surface area (Å²) in [5, 5.41) is 0. The zero-order valence-electron chi connectivity index (χ0n) is 14.8. The van der Waals surface area contributed by atoms with E-state index >= 15 is 0 Å². The minimum Gasteiger partial charge on any atom is -0.125 e. The first-order valence-corrected chi connectivity index (χ1v) is 8.53. The van der Waals surface area contributed by atoms with Gasteiger partial charge in [-0.15, -0.1) is 5.73 Å². The summed E-state index contributed by atoms with van der Waals surface area (Å²) in [5.74, 6) is 0. The molecule has 0 unspecified atom stereocenters. The largest absolute Gasteiger partial charge is 0.125 e. The summed E-state index contributed by atoms with van der Waals surface area (Å²) in [5.41, 5.74) is 7.42. The Labute approximate surface area is 128 Å². The molecule has 0 amide bonds. The lowest BCUT2D eigenvalue weighted by Crippen LogP contribution is -1.95. The minimum atomic E-state index is 1.15. The van der Waals surface area contributed by atoms with Gasteiger partial charge in [0.1, 0.15) is 0 Å². The highest BCUT2D eigenvalue weighted by atomic mass is 14.1. The molecule has 0 aromatic heterocycles. The molecule has 0 bridgehead atoms. The van der Waals surface area contributed by atoms with Gasteiger partial charge in [-0.05, 0) is 43.8 Å². The molecule has 0 radical (unpaired) electrons. The Kier molecular flexibility index (Phi) is 17.1. The Morgan fingerprint density at radius 2 is 1.70 bits per heavy atom. The van der Waals surface area contributed by atoms with Crippen molar-refractivity contribution in [3.8, 4) is 0 Å². The van der Waals surface area contributed by atoms with Crippen molar-refractivity contribution in [3.05, 3.63) is 41.2 Å². The highest BCUT2D eigenvalue weighted by Gasteiger charge is 2.07. The lowest BCUT2D eigenvalue weighted by molar-refractivity contribution is 0.663. The van der Waals surface area contributed by atoms with Crippen LogP contribution in [0.5, 0.6) is 0 Å². The maximum Gasteiger partial charge on any atom is -0.00345 e. The molecule has 20 heavy (non-hydrogen) atoms. The summed E-state index contributed by atoms with van der Waals surface area (Å²) >= 11 is 0. The Morgan fingerprint density at radius 1 is 1.05 bits per heavy atom. The van der Waals surface area contributed by atoms with Crippen LogP contribution in [-0.4, -0.2) is 0 Å². The van der Waals surface area contributed by atoms with Crippen molar-refractivity contribution in [2.24, 2.45) is 0 Å². The van der Waals surface area contributed by atoms with Gasteiger partial charge in [0.25, 0.3) is 0 Å². The van der Waals surface area contributed by atoms with Crippen molar-refractivity contribution in [2.45, 2.75) is 86.5 Å². The van der Waals surface area contributed by atoms with E-state index in [0.717, 1.165) is 6.42 Å². The molecule has 0 heteroatoms. The predicted octanol–water partition coefficient (Wildman–Crippen LogP) is 7.39. The van der Waals surface area contributed by atoms with Crippen LogP contribution in [0.15, 0.2) is 41.2 Å². The molecular weight excluding hydrogens is 240 g/mol. The fourth-order valence-electron chi connectivity index (χ4n) is 2.08. The van der Waals surface area contributed by atoms with E-state index in [-0.39, 0.29) is 0 Å². The van der Waals surface area contributed by atoms with E-state index in [1.54, 1.807) is 0 Å². The van der Waals surface area contributed by atoms with E-state index in [1.165, 1.54) is 55.2 Å². The van der Waals surface area contributed by atoms with Gasteiger partial charge in [0.15, 0.2) is 0 Å². The molecule has 0 heterocycles. The van der Waals surface area contributed by atoms with E-state index in [9.17, 15) is 0 Å². The van der Waals surface area contributed by atoms with Crippen molar-refractivity contribution < 1.29 is 0 Å². The summed E-state index contributed by atoms with van der Waals surface area (Å²) in [6.07, 6.45) is 13.3. The lowest BCUT2D eigenvalue weighted by Gasteiger charge is -2.14. The SMILES string of the molecule is C=C=C(CCCCCC)C1=CC=C(C)CC1.CC.CC. The summed E-state index contributed by atoms with van der Waals surface area (Å²) in [6, 6.07) is 0. The van der Waals surface area contributed by atoms with E-state index in [0.29, 0.717) is 0 Å². The highest BCUT2D eigenvalue weighted by molar-refractivity contribution is 5.36. The van der Waals surface area contributed by atoms with Gasteiger partial charge in [-0.25, -0.2) is 0 Å². The van der Waals surface area contributed by atoms with Gasteiger partial charge in [-0.1, -0.05) is 78.2 Å². The van der Waals surface area contributed by atoms with Gasteiger partial charge in [0.05, 0.1) is 0 Å². The Balaban J connectivity index is 0. The fourth-order valence-corrected chi connectivity index (χ4v) is 2.08. The highest BCUT2D eigenvalue weighted by Crippen LogP contribution is 2.26. The first-order valence-electron chi connectivity index (χ1n) is 8.53. The van der Waals surface area contributed by atoms with Crippen molar-refractivity contribution in [1.82, 2.24) is 0 Å². The zero-order valence-corrected chi connectivity index (χ0v) is 14.8. The van der Waals surface area contributed by atoms with E-state index in [2.05, 4.69) is 38.3 Å². The molecule has 0 saturated heterocycles. The monoisotopic (exact) mass is 276 g/mol. The fraction of sp³-hybridized carbons (Fsp3) is 0.650. The molecule has 0 saturated carbocycles. The Hall–Kier alpha value is -1.00. The molecular formula is C20H36. The van der Waals surface area contributed by atoms with Crippen LogP contribution in [0.25, 0.3) is 0 Å². The van der Waals surface area contributed by atoms with Gasteiger partial charge in [0.2, 0.25) is 0 Å². The second-order valence-electron chi connectivity index (χ2n) is 4.67. The van der Waals surface area contributed by atoms with Crippen molar-refractivity contribution in [1.29, 1.82) is 0 Å². The number of hydrogen-bond donors (Lipinski definition) is 0. The van der Waals surface area contributed by atoms with Gasteiger partial charge in [0, 0.05) is 0 Å².